The molecule has 2 rings (SSSR count). The Bertz CT molecular complexity index is 438. The van der Waals surface area contributed by atoms with Crippen molar-refractivity contribution in [1.82, 2.24) is 0 Å². The van der Waals surface area contributed by atoms with Gasteiger partial charge in [-0.1, -0.05) is 12.1 Å². The van der Waals surface area contributed by atoms with Gasteiger partial charge in [-0.15, -0.1) is 0 Å². The minimum absolute atomic E-state index is 0.0289. The molecule has 0 saturated carbocycles. The average Bonchev–Trinajstić information content (AvgIpc) is 2.76. The molecule has 1 aliphatic rings. The predicted molar refractivity (Wildman–Crippen MR) is 61.1 cm³/mol. The van der Waals surface area contributed by atoms with Gasteiger partial charge in [-0.2, -0.15) is 0 Å². The fraction of sp³-hybridized carbons (Fsp3) is 0.333. The van der Waals surface area contributed by atoms with Crippen molar-refractivity contribution in [2.45, 2.75) is 18.9 Å². The lowest BCUT2D eigenvalue weighted by Gasteiger charge is -2.04. The van der Waals surface area contributed by atoms with Crippen LogP contribution in [0.4, 0.5) is 0 Å². The van der Waals surface area contributed by atoms with Crippen molar-refractivity contribution in [3.8, 4) is 5.75 Å². The van der Waals surface area contributed by atoms with Gasteiger partial charge in [0.05, 0.1) is 6.42 Å². The lowest BCUT2D eigenvalue weighted by Crippen LogP contribution is -2.03. The number of phenols is 1. The molecule has 2 N–H and O–H groups in total. The maximum atomic E-state index is 10.4. The molecule has 0 radical (unpaired) electrons. The van der Waals surface area contributed by atoms with Gasteiger partial charge < -0.3 is 14.9 Å². The van der Waals surface area contributed by atoms with Crippen molar-refractivity contribution in [2.24, 2.45) is 4.99 Å². The van der Waals surface area contributed by atoms with Crippen molar-refractivity contribution in [2.75, 3.05) is 6.61 Å². The van der Waals surface area contributed by atoms with E-state index in [0.717, 1.165) is 5.56 Å². The number of nitrogens with zero attached hydrogens (tertiary/aromatic N) is 1. The van der Waals surface area contributed by atoms with Crippen molar-refractivity contribution in [3.05, 3.63) is 29.8 Å². The number of carbonyl (C=O) groups is 1. The van der Waals surface area contributed by atoms with E-state index in [2.05, 4.69) is 4.99 Å². The minimum Gasteiger partial charge on any atom is -0.508 e. The first-order valence-electron chi connectivity index (χ1n) is 5.35. The highest BCUT2D eigenvalue weighted by atomic mass is 16.5. The van der Waals surface area contributed by atoms with E-state index in [1.807, 2.05) is 0 Å². The molecule has 0 fully saturated rings. The lowest BCUT2D eigenvalue weighted by atomic mass is 10.1. The Balaban J connectivity index is 2.00. The molecule has 0 amide bonds. The summed E-state index contributed by atoms with van der Waals surface area (Å²) in [6, 6.07) is 6.67. The molecule has 0 spiro atoms. The number of hydrogen-bond donors (Lipinski definition) is 2. The number of carboxylic acids is 1. The Hall–Kier alpha value is -2.04. The molecule has 1 aromatic carbocycles. The summed E-state index contributed by atoms with van der Waals surface area (Å²) in [4.78, 5) is 14.7. The summed E-state index contributed by atoms with van der Waals surface area (Å²) in [6.45, 7) is 0.430. The number of rotatable bonds is 4. The number of phenolic OH excluding ortho intramolecular Hbond substituents is 1. The fourth-order valence-corrected chi connectivity index (χ4v) is 1.64. The molecule has 5 heteroatoms. The number of aliphatic carboxylic acids is 1. The van der Waals surface area contributed by atoms with E-state index in [-0.39, 0.29) is 18.2 Å². The third-order valence-corrected chi connectivity index (χ3v) is 2.54. The van der Waals surface area contributed by atoms with E-state index >= 15 is 0 Å². The van der Waals surface area contributed by atoms with Gasteiger partial charge in [0.1, 0.15) is 18.4 Å². The summed E-state index contributed by atoms with van der Waals surface area (Å²) in [5, 5.41) is 17.7. The molecule has 1 unspecified atom stereocenters. The summed E-state index contributed by atoms with van der Waals surface area (Å²) in [6.07, 6.45) is 0.352. The average molecular weight is 235 g/mol. The van der Waals surface area contributed by atoms with Crippen LogP contribution in [0.15, 0.2) is 29.3 Å². The number of aromatic hydroxyl groups is 1. The van der Waals surface area contributed by atoms with Crippen molar-refractivity contribution >= 4 is 11.9 Å². The second kappa shape index (κ2) is 4.86. The number of ether oxygens (including phenoxy) is 1. The molecule has 1 heterocycles. The third-order valence-electron chi connectivity index (χ3n) is 2.54. The number of aliphatic imine (C=N–C) groups is 1. The van der Waals surface area contributed by atoms with Crippen LogP contribution in [0.5, 0.6) is 5.75 Å². The molecule has 90 valence electrons. The van der Waals surface area contributed by atoms with Crippen LogP contribution in [0.3, 0.4) is 0 Å². The van der Waals surface area contributed by atoms with E-state index in [9.17, 15) is 4.79 Å². The molecule has 0 saturated heterocycles. The number of hydrogen-bond acceptors (Lipinski definition) is 4. The quantitative estimate of drug-likeness (QED) is 0.832. The first kappa shape index (κ1) is 11.4. The highest BCUT2D eigenvalue weighted by Crippen LogP contribution is 2.25. The smallest absolute Gasteiger partial charge is 0.303 e. The second-order valence-corrected chi connectivity index (χ2v) is 3.83. The molecule has 1 aromatic rings. The Morgan fingerprint density at radius 2 is 2.12 bits per heavy atom. The zero-order chi connectivity index (χ0) is 12.3. The molecule has 5 nitrogen and oxygen atoms in total. The first-order chi connectivity index (χ1) is 8.15. The predicted octanol–water partition coefficient (Wildman–Crippen LogP) is 1.73. The van der Waals surface area contributed by atoms with Crippen LogP contribution < -0.4 is 0 Å². The van der Waals surface area contributed by atoms with Crippen LogP contribution in [0.25, 0.3) is 0 Å². The van der Waals surface area contributed by atoms with Gasteiger partial charge in [0.25, 0.3) is 0 Å². The third kappa shape index (κ3) is 2.96. The van der Waals surface area contributed by atoms with E-state index in [4.69, 9.17) is 14.9 Å². The fourth-order valence-electron chi connectivity index (χ4n) is 1.64. The summed E-state index contributed by atoms with van der Waals surface area (Å²) >= 11 is 0. The molecule has 0 aromatic heterocycles. The summed E-state index contributed by atoms with van der Waals surface area (Å²) in [5.41, 5.74) is 0.952. The van der Waals surface area contributed by atoms with Crippen LogP contribution in [0.2, 0.25) is 0 Å². The molecular weight excluding hydrogens is 222 g/mol. The van der Waals surface area contributed by atoms with Crippen LogP contribution in [0.1, 0.15) is 24.4 Å². The van der Waals surface area contributed by atoms with Gasteiger partial charge in [-0.25, -0.2) is 4.99 Å². The summed E-state index contributed by atoms with van der Waals surface area (Å²) in [7, 11) is 0. The monoisotopic (exact) mass is 235 g/mol. The Morgan fingerprint density at radius 1 is 1.41 bits per heavy atom. The van der Waals surface area contributed by atoms with Gasteiger partial charge >= 0.3 is 5.97 Å². The minimum atomic E-state index is -0.857. The summed E-state index contributed by atoms with van der Waals surface area (Å²) in [5.74, 6) is -0.155. The topological polar surface area (TPSA) is 79.1 Å². The van der Waals surface area contributed by atoms with E-state index < -0.39 is 5.97 Å². The standard InChI is InChI=1S/C12H13NO4/c14-9-3-1-8(2-4-9)10-7-17-11(13-10)5-6-12(15)16/h1-4,10,14H,5-7H2,(H,15,16). The first-order valence-corrected chi connectivity index (χ1v) is 5.35. The Morgan fingerprint density at radius 3 is 2.76 bits per heavy atom. The van der Waals surface area contributed by atoms with Gasteiger partial charge in [0, 0.05) is 6.42 Å². The SMILES string of the molecule is O=C(O)CCC1=NC(c2ccc(O)cc2)CO1. The van der Waals surface area contributed by atoms with Gasteiger partial charge in [0.15, 0.2) is 5.90 Å². The van der Waals surface area contributed by atoms with Crippen LogP contribution >= 0.6 is 0 Å². The largest absolute Gasteiger partial charge is 0.508 e. The normalized spacial score (nSPS) is 18.6. The molecule has 0 aliphatic carbocycles. The second-order valence-electron chi connectivity index (χ2n) is 3.83. The molecule has 0 bridgehead atoms. The van der Waals surface area contributed by atoms with Crippen molar-refractivity contribution in [3.63, 3.8) is 0 Å². The molecule has 17 heavy (non-hydrogen) atoms. The molecule has 1 atom stereocenters. The molecule has 1 aliphatic heterocycles. The number of benzene rings is 1. The number of carboxylic acid groups (broad SMARTS) is 1. The van der Waals surface area contributed by atoms with Gasteiger partial charge in [-0.3, -0.25) is 4.79 Å². The Kier molecular flexibility index (Phi) is 3.27. The van der Waals surface area contributed by atoms with E-state index in [1.54, 1.807) is 24.3 Å². The van der Waals surface area contributed by atoms with E-state index in [0.29, 0.717) is 18.9 Å². The van der Waals surface area contributed by atoms with Gasteiger partial charge in [0.2, 0.25) is 0 Å². The van der Waals surface area contributed by atoms with Crippen molar-refractivity contribution < 1.29 is 19.7 Å². The Labute approximate surface area is 98.4 Å². The lowest BCUT2D eigenvalue weighted by molar-refractivity contribution is -0.136. The summed E-state index contributed by atoms with van der Waals surface area (Å²) < 4.78 is 5.32. The molecular formula is C12H13NO4. The van der Waals surface area contributed by atoms with Crippen LogP contribution in [-0.2, 0) is 9.53 Å². The highest BCUT2D eigenvalue weighted by molar-refractivity contribution is 5.81. The van der Waals surface area contributed by atoms with Crippen molar-refractivity contribution in [1.29, 1.82) is 0 Å². The van der Waals surface area contributed by atoms with Crippen LogP contribution in [-0.4, -0.2) is 28.7 Å². The maximum Gasteiger partial charge on any atom is 0.303 e. The van der Waals surface area contributed by atoms with E-state index in [1.165, 1.54) is 0 Å². The highest BCUT2D eigenvalue weighted by Gasteiger charge is 2.20. The van der Waals surface area contributed by atoms with Gasteiger partial charge in [-0.05, 0) is 17.7 Å². The maximum absolute atomic E-state index is 10.4. The zero-order valence-corrected chi connectivity index (χ0v) is 9.17. The zero-order valence-electron chi connectivity index (χ0n) is 9.17. The van der Waals surface area contributed by atoms with Crippen LogP contribution in [0, 0.1) is 0 Å².